The third-order valence-corrected chi connectivity index (χ3v) is 2.13. The molecule has 1 unspecified atom stereocenters. The normalized spacial score (nSPS) is 12.1. The van der Waals surface area contributed by atoms with Crippen molar-refractivity contribution in [3.63, 3.8) is 0 Å². The molecule has 0 saturated heterocycles. The smallest absolute Gasteiger partial charge is 0.150 e. The van der Waals surface area contributed by atoms with Crippen LogP contribution in [0.3, 0.4) is 0 Å². The van der Waals surface area contributed by atoms with E-state index in [1.165, 1.54) is 0 Å². The average molecular weight is 208 g/mol. The number of methoxy groups -OCH3 is 1. The summed E-state index contributed by atoms with van der Waals surface area (Å²) < 4.78 is 10.7. The molecule has 1 atom stereocenters. The summed E-state index contributed by atoms with van der Waals surface area (Å²) in [5.41, 5.74) is 0.655. The zero-order chi connectivity index (χ0) is 11.1. The van der Waals surface area contributed by atoms with Gasteiger partial charge >= 0.3 is 0 Å². The molecule has 3 heteroatoms. The quantitative estimate of drug-likeness (QED) is 0.673. The minimum atomic E-state index is 0.0667. The zero-order valence-corrected chi connectivity index (χ0v) is 9.10. The van der Waals surface area contributed by atoms with Crippen LogP contribution in [0.2, 0.25) is 0 Å². The van der Waals surface area contributed by atoms with E-state index in [4.69, 9.17) is 9.47 Å². The van der Waals surface area contributed by atoms with Gasteiger partial charge in [0.15, 0.2) is 0 Å². The van der Waals surface area contributed by atoms with Crippen LogP contribution in [-0.2, 0) is 4.74 Å². The van der Waals surface area contributed by atoms with Gasteiger partial charge < -0.3 is 9.47 Å². The van der Waals surface area contributed by atoms with Gasteiger partial charge in [0, 0.05) is 12.7 Å². The third kappa shape index (κ3) is 3.72. The van der Waals surface area contributed by atoms with Crippen LogP contribution in [0.15, 0.2) is 24.3 Å². The van der Waals surface area contributed by atoms with Crippen molar-refractivity contribution < 1.29 is 14.3 Å². The van der Waals surface area contributed by atoms with E-state index in [2.05, 4.69) is 0 Å². The maximum absolute atomic E-state index is 10.4. The second-order valence-electron chi connectivity index (χ2n) is 3.29. The molecule has 82 valence electrons. The largest absolute Gasteiger partial charge is 0.488 e. The Kier molecular flexibility index (Phi) is 4.84. The number of hydrogen-bond acceptors (Lipinski definition) is 3. The number of carbonyl (C=O) groups excluding carboxylic acids is 1. The predicted molar refractivity (Wildman–Crippen MR) is 58.4 cm³/mol. The lowest BCUT2D eigenvalue weighted by Gasteiger charge is -2.16. The number of hydrogen-bond donors (Lipinski definition) is 0. The Morgan fingerprint density at radius 1 is 1.33 bits per heavy atom. The lowest BCUT2D eigenvalue weighted by molar-refractivity contribution is 0.0788. The molecule has 0 saturated carbocycles. The first-order chi connectivity index (χ1) is 7.30. The van der Waals surface area contributed by atoms with E-state index in [9.17, 15) is 4.79 Å². The highest BCUT2D eigenvalue weighted by atomic mass is 16.5. The molecule has 0 spiro atoms. The van der Waals surface area contributed by atoms with E-state index >= 15 is 0 Å². The Balaban J connectivity index is 2.58. The Morgan fingerprint density at radius 2 is 2.00 bits per heavy atom. The molecule has 15 heavy (non-hydrogen) atoms. The van der Waals surface area contributed by atoms with Crippen LogP contribution in [0.25, 0.3) is 0 Å². The van der Waals surface area contributed by atoms with Crippen LogP contribution in [0, 0.1) is 0 Å². The first kappa shape index (κ1) is 11.7. The van der Waals surface area contributed by atoms with Gasteiger partial charge in [0.2, 0.25) is 0 Å². The lowest BCUT2D eigenvalue weighted by atomic mass is 10.2. The average Bonchev–Trinajstić information content (AvgIpc) is 2.29. The molecule has 0 aliphatic carbocycles. The Morgan fingerprint density at radius 3 is 2.47 bits per heavy atom. The van der Waals surface area contributed by atoms with Gasteiger partial charge in [-0.1, -0.05) is 6.92 Å². The lowest BCUT2D eigenvalue weighted by Crippen LogP contribution is -2.21. The van der Waals surface area contributed by atoms with Crippen molar-refractivity contribution in [3.8, 4) is 5.75 Å². The Hall–Kier alpha value is -1.35. The van der Waals surface area contributed by atoms with Crippen LogP contribution in [0.1, 0.15) is 23.7 Å². The maximum atomic E-state index is 10.4. The summed E-state index contributed by atoms with van der Waals surface area (Å²) in [6, 6.07) is 7.06. The molecule has 0 fully saturated rings. The van der Waals surface area contributed by atoms with E-state index in [1.54, 1.807) is 31.4 Å². The first-order valence-corrected chi connectivity index (χ1v) is 5.01. The third-order valence-electron chi connectivity index (χ3n) is 2.13. The topological polar surface area (TPSA) is 35.5 Å². The second kappa shape index (κ2) is 6.19. The van der Waals surface area contributed by atoms with Crippen molar-refractivity contribution in [1.82, 2.24) is 0 Å². The van der Waals surface area contributed by atoms with Gasteiger partial charge in [-0.2, -0.15) is 0 Å². The van der Waals surface area contributed by atoms with Crippen LogP contribution < -0.4 is 4.74 Å². The predicted octanol–water partition coefficient (Wildman–Crippen LogP) is 2.30. The Labute approximate surface area is 90.0 Å². The van der Waals surface area contributed by atoms with E-state index in [0.717, 1.165) is 18.5 Å². The molecular weight excluding hydrogens is 192 g/mol. The zero-order valence-electron chi connectivity index (χ0n) is 9.10. The summed E-state index contributed by atoms with van der Waals surface area (Å²) in [4.78, 5) is 10.4. The fourth-order valence-corrected chi connectivity index (χ4v) is 1.24. The summed E-state index contributed by atoms with van der Waals surface area (Å²) in [6.45, 7) is 2.62. The van der Waals surface area contributed by atoms with E-state index in [-0.39, 0.29) is 6.10 Å². The minimum Gasteiger partial charge on any atom is -0.488 e. The SMILES string of the molecule is CCC(COC)Oc1ccc(C=O)cc1. The van der Waals surface area contributed by atoms with Crippen LogP contribution in [0.4, 0.5) is 0 Å². The van der Waals surface area contributed by atoms with Crippen LogP contribution >= 0.6 is 0 Å². The van der Waals surface area contributed by atoms with Crippen LogP contribution in [0.5, 0.6) is 5.75 Å². The van der Waals surface area contributed by atoms with Crippen molar-refractivity contribution in [1.29, 1.82) is 0 Å². The molecule has 0 aliphatic rings. The molecule has 1 aromatic carbocycles. The fraction of sp³-hybridized carbons (Fsp3) is 0.417. The summed E-state index contributed by atoms with van der Waals surface area (Å²) >= 11 is 0. The summed E-state index contributed by atoms with van der Waals surface area (Å²) in [6.07, 6.45) is 1.77. The molecular formula is C12H16O3. The summed E-state index contributed by atoms with van der Waals surface area (Å²) in [5.74, 6) is 0.768. The highest BCUT2D eigenvalue weighted by Crippen LogP contribution is 2.14. The highest BCUT2D eigenvalue weighted by molar-refractivity contribution is 5.74. The van der Waals surface area contributed by atoms with Gasteiger partial charge in [-0.3, -0.25) is 4.79 Å². The molecule has 1 rings (SSSR count). The Bertz CT molecular complexity index is 292. The monoisotopic (exact) mass is 208 g/mol. The van der Waals surface area contributed by atoms with E-state index in [0.29, 0.717) is 12.2 Å². The number of benzene rings is 1. The highest BCUT2D eigenvalue weighted by Gasteiger charge is 2.06. The van der Waals surface area contributed by atoms with Crippen molar-refractivity contribution in [3.05, 3.63) is 29.8 Å². The fourth-order valence-electron chi connectivity index (χ4n) is 1.24. The standard InChI is InChI=1S/C12H16O3/c1-3-11(9-14-2)15-12-6-4-10(8-13)5-7-12/h4-8,11H,3,9H2,1-2H3. The number of rotatable bonds is 6. The summed E-state index contributed by atoms with van der Waals surface area (Å²) in [5, 5.41) is 0. The maximum Gasteiger partial charge on any atom is 0.150 e. The van der Waals surface area contributed by atoms with Crippen molar-refractivity contribution in [2.24, 2.45) is 0 Å². The summed E-state index contributed by atoms with van der Waals surface area (Å²) in [7, 11) is 1.65. The molecule has 0 N–H and O–H groups in total. The number of aldehydes is 1. The molecule has 0 aliphatic heterocycles. The van der Waals surface area contributed by atoms with Gasteiger partial charge in [0.05, 0.1) is 6.61 Å². The van der Waals surface area contributed by atoms with Gasteiger partial charge in [0.1, 0.15) is 18.1 Å². The molecule has 3 nitrogen and oxygen atoms in total. The van der Waals surface area contributed by atoms with E-state index in [1.807, 2.05) is 6.92 Å². The van der Waals surface area contributed by atoms with Crippen LogP contribution in [-0.4, -0.2) is 26.1 Å². The first-order valence-electron chi connectivity index (χ1n) is 5.01. The van der Waals surface area contributed by atoms with Crippen molar-refractivity contribution in [2.45, 2.75) is 19.4 Å². The van der Waals surface area contributed by atoms with Gasteiger partial charge in [0.25, 0.3) is 0 Å². The molecule has 0 aromatic heterocycles. The van der Waals surface area contributed by atoms with Crippen molar-refractivity contribution >= 4 is 6.29 Å². The van der Waals surface area contributed by atoms with Gasteiger partial charge in [-0.05, 0) is 30.7 Å². The van der Waals surface area contributed by atoms with Gasteiger partial charge in [-0.15, -0.1) is 0 Å². The van der Waals surface area contributed by atoms with Crippen molar-refractivity contribution in [2.75, 3.05) is 13.7 Å². The molecule has 0 heterocycles. The molecule has 0 amide bonds. The molecule has 0 radical (unpaired) electrons. The minimum absolute atomic E-state index is 0.0667. The molecule has 1 aromatic rings. The number of ether oxygens (including phenoxy) is 2. The van der Waals surface area contributed by atoms with Gasteiger partial charge in [-0.25, -0.2) is 0 Å². The number of carbonyl (C=O) groups is 1. The second-order valence-corrected chi connectivity index (χ2v) is 3.29. The molecule has 0 bridgehead atoms. The van der Waals surface area contributed by atoms with E-state index < -0.39 is 0 Å².